The highest BCUT2D eigenvalue weighted by atomic mass is 16.5. The minimum Gasteiger partial charge on any atom is -0.462 e. The van der Waals surface area contributed by atoms with Gasteiger partial charge in [-0.3, -0.25) is 9.59 Å². The fourth-order valence-corrected chi connectivity index (χ4v) is 5.98. The van der Waals surface area contributed by atoms with Crippen LogP contribution in [0.2, 0.25) is 0 Å². The maximum absolute atomic E-state index is 12.0. The second-order valence-corrected chi connectivity index (χ2v) is 8.72. The average molecular weight is 342 g/mol. The Hall–Kier alpha value is -1.38. The summed E-state index contributed by atoms with van der Waals surface area (Å²) in [5.74, 6) is 1.63. The molecule has 4 rings (SSSR count). The zero-order chi connectivity index (χ0) is 17.6. The number of ketones is 1. The van der Waals surface area contributed by atoms with Crippen LogP contribution in [0, 0.1) is 17.3 Å². The summed E-state index contributed by atoms with van der Waals surface area (Å²) in [5.41, 5.74) is 4.59. The number of allylic oxidation sites excluding steroid dienone is 4. The van der Waals surface area contributed by atoms with Gasteiger partial charge in [0.2, 0.25) is 0 Å². The monoisotopic (exact) mass is 342 g/mol. The molecule has 136 valence electrons. The maximum atomic E-state index is 12.0. The van der Waals surface area contributed by atoms with Crippen molar-refractivity contribution < 1.29 is 14.3 Å². The molecule has 0 aliphatic heterocycles. The molecule has 0 unspecified atom stereocenters. The largest absolute Gasteiger partial charge is 0.462 e. The number of esters is 1. The van der Waals surface area contributed by atoms with Crippen molar-refractivity contribution in [2.75, 3.05) is 0 Å². The normalized spacial score (nSPS) is 37.1. The molecular formula is C22H30O3. The summed E-state index contributed by atoms with van der Waals surface area (Å²) in [6, 6.07) is 0. The van der Waals surface area contributed by atoms with Crippen LogP contribution in [0.25, 0.3) is 0 Å². The van der Waals surface area contributed by atoms with E-state index in [0.29, 0.717) is 30.5 Å². The second-order valence-electron chi connectivity index (χ2n) is 8.72. The van der Waals surface area contributed by atoms with Gasteiger partial charge in [0, 0.05) is 24.7 Å². The van der Waals surface area contributed by atoms with Crippen molar-refractivity contribution in [2.24, 2.45) is 17.3 Å². The third-order valence-corrected chi connectivity index (χ3v) is 7.29. The molecule has 0 aromatic rings. The van der Waals surface area contributed by atoms with Crippen molar-refractivity contribution in [1.29, 1.82) is 0 Å². The predicted molar refractivity (Wildman–Crippen MR) is 96.9 cm³/mol. The van der Waals surface area contributed by atoms with Crippen LogP contribution < -0.4 is 0 Å². The Balaban J connectivity index is 1.58. The van der Waals surface area contributed by atoms with Gasteiger partial charge in [-0.15, -0.1) is 0 Å². The molecule has 4 atom stereocenters. The van der Waals surface area contributed by atoms with Gasteiger partial charge in [-0.05, 0) is 67.9 Å². The average Bonchev–Trinajstić information content (AvgIpc) is 2.91. The van der Waals surface area contributed by atoms with Crippen LogP contribution in [0.15, 0.2) is 22.8 Å². The molecule has 3 heteroatoms. The van der Waals surface area contributed by atoms with Crippen LogP contribution >= 0.6 is 0 Å². The molecule has 0 bridgehead atoms. The standard InChI is InChI=1S/C22H30O3/c1-3-4-21(24)25-20-10-9-19-18-7-5-14-13-15(23)6-8-16(14)17(18)11-12-22(19,20)2/h11,18-20H,3-10,12-13H2,1-2H3/t18-,19+,20+,22+/m1/s1. The zero-order valence-electron chi connectivity index (χ0n) is 15.6. The highest BCUT2D eigenvalue weighted by molar-refractivity contribution is 5.83. The summed E-state index contributed by atoms with van der Waals surface area (Å²) in [5, 5.41) is 0. The van der Waals surface area contributed by atoms with Gasteiger partial charge in [0.05, 0.1) is 0 Å². The first-order valence-electron chi connectivity index (χ1n) is 10.2. The fraction of sp³-hybridized carbons (Fsp3) is 0.727. The Morgan fingerprint density at radius 1 is 1.24 bits per heavy atom. The first-order valence-corrected chi connectivity index (χ1v) is 10.2. The minimum atomic E-state index is -0.0245. The number of carbonyl (C=O) groups is 2. The van der Waals surface area contributed by atoms with Gasteiger partial charge >= 0.3 is 5.97 Å². The van der Waals surface area contributed by atoms with Gasteiger partial charge < -0.3 is 4.74 Å². The molecule has 4 aliphatic rings. The Kier molecular flexibility index (Phi) is 4.37. The molecule has 0 heterocycles. The van der Waals surface area contributed by atoms with Gasteiger partial charge in [0.1, 0.15) is 11.9 Å². The van der Waals surface area contributed by atoms with Crippen LogP contribution in [0.4, 0.5) is 0 Å². The minimum absolute atomic E-state index is 0.0245. The molecule has 0 aromatic heterocycles. The summed E-state index contributed by atoms with van der Waals surface area (Å²) in [7, 11) is 0. The van der Waals surface area contributed by atoms with Crippen molar-refractivity contribution in [2.45, 2.75) is 84.2 Å². The van der Waals surface area contributed by atoms with Gasteiger partial charge in [-0.25, -0.2) is 0 Å². The lowest BCUT2D eigenvalue weighted by molar-refractivity contribution is -0.155. The molecule has 0 radical (unpaired) electrons. The summed E-state index contributed by atoms with van der Waals surface area (Å²) in [4.78, 5) is 23.8. The Morgan fingerprint density at radius 3 is 2.88 bits per heavy atom. The van der Waals surface area contributed by atoms with E-state index in [2.05, 4.69) is 13.0 Å². The number of Topliss-reactive ketones (excluding diaryl/α,β-unsaturated/α-hetero) is 1. The molecule has 1 fully saturated rings. The van der Waals surface area contributed by atoms with E-state index in [-0.39, 0.29) is 17.5 Å². The number of hydrogen-bond donors (Lipinski definition) is 0. The summed E-state index contributed by atoms with van der Waals surface area (Å²) in [6.45, 7) is 4.37. The topological polar surface area (TPSA) is 43.4 Å². The SMILES string of the molecule is CCCC(=O)O[C@H]1CC[C@H]2[C@@H]3CCC4=C(CCC(=O)C4)C3=CC[C@]12C. The van der Waals surface area contributed by atoms with E-state index in [9.17, 15) is 9.59 Å². The Bertz CT molecular complexity index is 656. The molecule has 0 saturated heterocycles. The van der Waals surface area contributed by atoms with Gasteiger partial charge in [0.15, 0.2) is 0 Å². The summed E-state index contributed by atoms with van der Waals surface area (Å²) < 4.78 is 5.90. The third kappa shape index (κ3) is 2.80. The van der Waals surface area contributed by atoms with Crippen molar-refractivity contribution in [3.05, 3.63) is 22.8 Å². The van der Waals surface area contributed by atoms with E-state index in [4.69, 9.17) is 4.74 Å². The number of ether oxygens (including phenoxy) is 1. The number of hydrogen-bond acceptors (Lipinski definition) is 3. The second kappa shape index (κ2) is 6.41. The molecular weight excluding hydrogens is 312 g/mol. The van der Waals surface area contributed by atoms with Crippen LogP contribution in [0.5, 0.6) is 0 Å². The number of rotatable bonds is 3. The van der Waals surface area contributed by atoms with Crippen molar-refractivity contribution >= 4 is 11.8 Å². The molecule has 1 saturated carbocycles. The molecule has 0 spiro atoms. The lowest BCUT2D eigenvalue weighted by Gasteiger charge is -2.47. The summed E-state index contributed by atoms with van der Waals surface area (Å²) in [6.07, 6.45) is 11.7. The fourth-order valence-electron chi connectivity index (χ4n) is 5.98. The Morgan fingerprint density at radius 2 is 2.08 bits per heavy atom. The molecule has 0 amide bonds. The Labute approximate surface area is 150 Å². The third-order valence-electron chi connectivity index (χ3n) is 7.29. The van der Waals surface area contributed by atoms with E-state index in [1.165, 1.54) is 24.0 Å². The van der Waals surface area contributed by atoms with Crippen molar-refractivity contribution in [1.82, 2.24) is 0 Å². The lowest BCUT2D eigenvalue weighted by atomic mass is 9.58. The van der Waals surface area contributed by atoms with E-state index >= 15 is 0 Å². The van der Waals surface area contributed by atoms with Gasteiger partial charge in [-0.2, -0.15) is 0 Å². The molecule has 0 aromatic carbocycles. The number of fused-ring (bicyclic) bond motifs is 4. The van der Waals surface area contributed by atoms with E-state index in [1.54, 1.807) is 5.57 Å². The van der Waals surface area contributed by atoms with Crippen LogP contribution in [-0.4, -0.2) is 17.9 Å². The number of carbonyl (C=O) groups excluding carboxylic acids is 2. The van der Waals surface area contributed by atoms with E-state index < -0.39 is 0 Å². The van der Waals surface area contributed by atoms with Crippen molar-refractivity contribution in [3.63, 3.8) is 0 Å². The highest BCUT2D eigenvalue weighted by Crippen LogP contribution is 2.59. The first kappa shape index (κ1) is 17.1. The molecule has 3 nitrogen and oxygen atoms in total. The smallest absolute Gasteiger partial charge is 0.306 e. The van der Waals surface area contributed by atoms with E-state index in [0.717, 1.165) is 38.5 Å². The van der Waals surface area contributed by atoms with Crippen molar-refractivity contribution in [3.8, 4) is 0 Å². The van der Waals surface area contributed by atoms with Crippen LogP contribution in [0.1, 0.15) is 78.1 Å². The summed E-state index contributed by atoms with van der Waals surface area (Å²) >= 11 is 0. The molecule has 4 aliphatic carbocycles. The highest BCUT2D eigenvalue weighted by Gasteiger charge is 2.54. The van der Waals surface area contributed by atoms with Crippen LogP contribution in [0.3, 0.4) is 0 Å². The zero-order valence-corrected chi connectivity index (χ0v) is 15.6. The first-order chi connectivity index (χ1) is 12.0. The van der Waals surface area contributed by atoms with Gasteiger partial charge in [0.25, 0.3) is 0 Å². The van der Waals surface area contributed by atoms with E-state index in [1.807, 2.05) is 6.92 Å². The quantitative estimate of drug-likeness (QED) is 0.685. The molecule has 25 heavy (non-hydrogen) atoms. The lowest BCUT2D eigenvalue weighted by Crippen LogP contribution is -2.42. The predicted octanol–water partition coefficient (Wildman–Crippen LogP) is 4.90. The van der Waals surface area contributed by atoms with Gasteiger partial charge in [-0.1, -0.05) is 25.5 Å². The maximum Gasteiger partial charge on any atom is 0.306 e. The van der Waals surface area contributed by atoms with Crippen LogP contribution in [-0.2, 0) is 14.3 Å². The molecule has 0 N–H and O–H groups in total.